The third-order valence-corrected chi connectivity index (χ3v) is 7.01. The van der Waals surface area contributed by atoms with Crippen LogP contribution in [0.2, 0.25) is 0 Å². The molecule has 0 aliphatic carbocycles. The van der Waals surface area contributed by atoms with Gasteiger partial charge in [0, 0.05) is 50.5 Å². The Bertz CT molecular complexity index is 1210. The smallest absolute Gasteiger partial charge is 0.338 e. The first-order valence-corrected chi connectivity index (χ1v) is 12.5. The number of nitrogens with one attached hydrogen (secondary N) is 1. The number of rotatable bonds is 6. The summed E-state index contributed by atoms with van der Waals surface area (Å²) in [5.74, 6) is -0.993. The molecule has 0 aromatic heterocycles. The fraction of sp³-hybridized carbons (Fsp3) is 0.393. The number of aryl methyl sites for hydroxylation is 1. The molecular formula is C28H33FN4O4. The zero-order valence-electron chi connectivity index (χ0n) is 21.7. The van der Waals surface area contributed by atoms with Crippen molar-refractivity contribution in [2.24, 2.45) is 0 Å². The van der Waals surface area contributed by atoms with Gasteiger partial charge in [0.2, 0.25) is 0 Å². The zero-order valence-corrected chi connectivity index (χ0v) is 21.7. The highest BCUT2D eigenvalue weighted by molar-refractivity contribution is 5.95. The van der Waals surface area contributed by atoms with Crippen molar-refractivity contribution >= 4 is 17.9 Å². The van der Waals surface area contributed by atoms with Crippen molar-refractivity contribution in [2.45, 2.75) is 32.9 Å². The predicted molar refractivity (Wildman–Crippen MR) is 137 cm³/mol. The quantitative estimate of drug-likeness (QED) is 0.604. The summed E-state index contributed by atoms with van der Waals surface area (Å²) in [7, 11) is 1.65. The molecule has 4 rings (SSSR count). The van der Waals surface area contributed by atoms with Gasteiger partial charge in [-0.3, -0.25) is 14.6 Å². The molecule has 196 valence electrons. The lowest BCUT2D eigenvalue weighted by molar-refractivity contribution is -0.139. The van der Waals surface area contributed by atoms with E-state index in [-0.39, 0.29) is 30.4 Å². The van der Waals surface area contributed by atoms with E-state index in [4.69, 9.17) is 4.74 Å². The van der Waals surface area contributed by atoms with Gasteiger partial charge < -0.3 is 15.0 Å². The van der Waals surface area contributed by atoms with E-state index in [2.05, 4.69) is 10.2 Å². The van der Waals surface area contributed by atoms with Crippen molar-refractivity contribution in [3.05, 3.63) is 82.3 Å². The average molecular weight is 509 g/mol. The van der Waals surface area contributed by atoms with Crippen LogP contribution in [0, 0.1) is 12.7 Å². The molecule has 37 heavy (non-hydrogen) atoms. The Balaban J connectivity index is 1.60. The molecule has 0 radical (unpaired) electrons. The number of piperazine rings is 1. The monoisotopic (exact) mass is 508 g/mol. The second-order valence-corrected chi connectivity index (χ2v) is 9.47. The topological polar surface area (TPSA) is 82.2 Å². The molecule has 8 nitrogen and oxygen atoms in total. The summed E-state index contributed by atoms with van der Waals surface area (Å²) in [5, 5.41) is 2.96. The lowest BCUT2D eigenvalue weighted by Gasteiger charge is -2.42. The van der Waals surface area contributed by atoms with Crippen LogP contribution in [0.4, 0.5) is 9.18 Å². The van der Waals surface area contributed by atoms with Crippen LogP contribution in [0.3, 0.4) is 0 Å². The van der Waals surface area contributed by atoms with E-state index in [1.165, 1.54) is 29.2 Å². The van der Waals surface area contributed by atoms with Crippen molar-refractivity contribution in [1.82, 2.24) is 20.0 Å². The van der Waals surface area contributed by atoms with Crippen LogP contribution in [-0.2, 0) is 9.53 Å². The van der Waals surface area contributed by atoms with E-state index in [1.807, 2.05) is 38.1 Å². The summed E-state index contributed by atoms with van der Waals surface area (Å²) < 4.78 is 18.7. The summed E-state index contributed by atoms with van der Waals surface area (Å²) in [4.78, 5) is 44.6. The number of amides is 3. The minimum atomic E-state index is -0.627. The molecule has 1 N–H and O–H groups in total. The molecular weight excluding hydrogens is 475 g/mol. The van der Waals surface area contributed by atoms with Gasteiger partial charge in [-0.2, -0.15) is 0 Å². The maximum Gasteiger partial charge on any atom is 0.338 e. The standard InChI is InChI=1S/C28H33FN4O4/c1-5-37-27(35)24-23(31(4)28(36)30-25(24)22-9-7-6-8-18(22)2)17-32-14-15-33(19(3)16-32)26(34)20-10-12-21(29)13-11-20/h6-13,19,25H,5,14-17H2,1-4H3,(H,30,36)/t19-,25+/m0/s1. The maximum absolute atomic E-state index is 13.3. The molecule has 2 aromatic rings. The number of nitrogens with zero attached hydrogens (tertiary/aromatic N) is 3. The third-order valence-electron chi connectivity index (χ3n) is 7.01. The van der Waals surface area contributed by atoms with Crippen molar-refractivity contribution in [1.29, 1.82) is 0 Å². The number of urea groups is 1. The van der Waals surface area contributed by atoms with Crippen LogP contribution in [0.25, 0.3) is 0 Å². The number of hydrogen-bond acceptors (Lipinski definition) is 5. The first kappa shape index (κ1) is 26.3. The van der Waals surface area contributed by atoms with Gasteiger partial charge in [0.1, 0.15) is 5.82 Å². The summed E-state index contributed by atoms with van der Waals surface area (Å²) in [6.07, 6.45) is 0. The number of esters is 1. The Labute approximate surface area is 216 Å². The number of ether oxygens (including phenoxy) is 1. The molecule has 0 spiro atoms. The zero-order chi connectivity index (χ0) is 26.7. The van der Waals surface area contributed by atoms with Gasteiger partial charge in [-0.15, -0.1) is 0 Å². The van der Waals surface area contributed by atoms with E-state index in [0.29, 0.717) is 43.0 Å². The lowest BCUT2D eigenvalue weighted by Crippen LogP contribution is -2.56. The largest absolute Gasteiger partial charge is 0.463 e. The number of halogens is 1. The molecule has 1 saturated heterocycles. The average Bonchev–Trinajstić information content (AvgIpc) is 2.87. The third kappa shape index (κ3) is 5.51. The van der Waals surface area contributed by atoms with Crippen LogP contribution in [-0.4, -0.2) is 78.5 Å². The number of carbonyl (C=O) groups is 3. The Morgan fingerprint density at radius 2 is 1.81 bits per heavy atom. The first-order chi connectivity index (χ1) is 17.7. The van der Waals surface area contributed by atoms with Crippen LogP contribution in [0.15, 0.2) is 59.8 Å². The van der Waals surface area contributed by atoms with E-state index >= 15 is 0 Å². The maximum atomic E-state index is 13.3. The normalized spacial score (nSPS) is 20.6. The summed E-state index contributed by atoms with van der Waals surface area (Å²) in [5.41, 5.74) is 3.24. The number of carbonyl (C=O) groups excluding carboxylic acids is 3. The van der Waals surface area contributed by atoms with Gasteiger partial charge >= 0.3 is 12.0 Å². The first-order valence-electron chi connectivity index (χ1n) is 12.5. The Morgan fingerprint density at radius 3 is 2.46 bits per heavy atom. The molecule has 1 fully saturated rings. The Hall–Kier alpha value is -3.72. The SMILES string of the molecule is CCOC(=O)C1=C(CN2CCN(C(=O)c3ccc(F)cc3)[C@@H](C)C2)N(C)C(=O)N[C@@H]1c1ccccc1C. The second-order valence-electron chi connectivity index (χ2n) is 9.47. The molecule has 0 unspecified atom stereocenters. The molecule has 2 aromatic carbocycles. The molecule has 2 heterocycles. The predicted octanol–water partition coefficient (Wildman–Crippen LogP) is 3.49. The Kier molecular flexibility index (Phi) is 7.92. The fourth-order valence-corrected chi connectivity index (χ4v) is 4.99. The molecule has 2 atom stereocenters. The van der Waals surface area contributed by atoms with Gasteiger partial charge in [-0.25, -0.2) is 14.0 Å². The van der Waals surface area contributed by atoms with Crippen molar-refractivity contribution in [3.63, 3.8) is 0 Å². The minimum absolute atomic E-state index is 0.118. The van der Waals surface area contributed by atoms with Crippen LogP contribution < -0.4 is 5.32 Å². The molecule has 2 aliphatic rings. The van der Waals surface area contributed by atoms with Crippen molar-refractivity contribution in [3.8, 4) is 0 Å². The van der Waals surface area contributed by atoms with E-state index in [9.17, 15) is 18.8 Å². The highest BCUT2D eigenvalue weighted by atomic mass is 19.1. The van der Waals surface area contributed by atoms with Gasteiger partial charge in [0.05, 0.1) is 18.2 Å². The number of likely N-dealkylation sites (N-methyl/N-ethyl adjacent to an activating group) is 1. The van der Waals surface area contributed by atoms with E-state index < -0.39 is 12.0 Å². The lowest BCUT2D eigenvalue weighted by atomic mass is 9.91. The van der Waals surface area contributed by atoms with Gasteiger partial charge in [-0.1, -0.05) is 24.3 Å². The van der Waals surface area contributed by atoms with Crippen LogP contribution >= 0.6 is 0 Å². The van der Waals surface area contributed by atoms with Gasteiger partial charge in [0.25, 0.3) is 5.91 Å². The molecule has 2 aliphatic heterocycles. The highest BCUT2D eigenvalue weighted by Gasteiger charge is 2.39. The summed E-state index contributed by atoms with van der Waals surface area (Å²) >= 11 is 0. The molecule has 0 saturated carbocycles. The molecule has 0 bridgehead atoms. The summed E-state index contributed by atoms with van der Waals surface area (Å²) in [6, 6.07) is 12.2. The van der Waals surface area contributed by atoms with Crippen molar-refractivity contribution in [2.75, 3.05) is 39.8 Å². The molecule has 3 amide bonds. The van der Waals surface area contributed by atoms with Crippen molar-refractivity contribution < 1.29 is 23.5 Å². The summed E-state index contributed by atoms with van der Waals surface area (Å²) in [6.45, 7) is 7.81. The number of benzene rings is 2. The van der Waals surface area contributed by atoms with Crippen LogP contribution in [0.1, 0.15) is 41.4 Å². The molecule has 9 heteroatoms. The number of hydrogen-bond donors (Lipinski definition) is 1. The Morgan fingerprint density at radius 1 is 1.11 bits per heavy atom. The van der Waals surface area contributed by atoms with Gasteiger partial charge in [-0.05, 0) is 56.2 Å². The van der Waals surface area contributed by atoms with E-state index in [0.717, 1.165) is 11.1 Å². The highest BCUT2D eigenvalue weighted by Crippen LogP contribution is 2.33. The van der Waals surface area contributed by atoms with Crippen LogP contribution in [0.5, 0.6) is 0 Å². The minimum Gasteiger partial charge on any atom is -0.463 e. The fourth-order valence-electron chi connectivity index (χ4n) is 4.99. The van der Waals surface area contributed by atoms with Gasteiger partial charge in [0.15, 0.2) is 0 Å². The second kappa shape index (κ2) is 11.1. The van der Waals surface area contributed by atoms with E-state index in [1.54, 1.807) is 18.9 Å².